The topological polar surface area (TPSA) is 49.3 Å². The fourth-order valence-corrected chi connectivity index (χ4v) is 0.343. The second-order valence-electron chi connectivity index (χ2n) is 1.61. The first-order valence-electron chi connectivity index (χ1n) is 2.58. The predicted molar refractivity (Wildman–Crippen MR) is 30.4 cm³/mol. The first kappa shape index (κ1) is 7.59. The van der Waals surface area contributed by atoms with Gasteiger partial charge in [0.05, 0.1) is 6.73 Å². The lowest BCUT2D eigenvalue weighted by Gasteiger charge is -1.94. The van der Waals surface area contributed by atoms with Crippen molar-refractivity contribution in [2.45, 2.75) is 13.3 Å². The molecule has 0 saturated heterocycles. The van der Waals surface area contributed by atoms with Crippen molar-refractivity contribution in [1.29, 1.82) is 0 Å². The molecule has 3 nitrogen and oxygen atoms in total. The molecular weight excluding hydrogens is 106 g/mol. The minimum Gasteiger partial charge on any atom is -0.381 e. The van der Waals surface area contributed by atoms with E-state index in [9.17, 15) is 4.79 Å². The Balaban J connectivity index is 2.82. The zero-order valence-corrected chi connectivity index (χ0v) is 4.98. The first-order chi connectivity index (χ1) is 3.77. The molecule has 0 atom stereocenters. The average Bonchev–Trinajstić information content (AvgIpc) is 1.66. The van der Waals surface area contributed by atoms with E-state index >= 15 is 0 Å². The number of nitrogens with one attached hydrogen (secondary N) is 1. The zero-order valence-electron chi connectivity index (χ0n) is 4.98. The number of carbonyl (C=O) groups is 1. The number of hydrogen-bond acceptors (Lipinski definition) is 3. The standard InChI is InChI=1S/C5H11NO2/c1-5(8)2-3-6-4-7/h6-7H,2-4H2,1H3. The van der Waals surface area contributed by atoms with Crippen LogP contribution in [0.25, 0.3) is 0 Å². The molecule has 2 N–H and O–H groups in total. The molecule has 0 heterocycles. The number of ketones is 1. The smallest absolute Gasteiger partial charge is 0.131 e. The van der Waals surface area contributed by atoms with E-state index in [1.807, 2.05) is 0 Å². The van der Waals surface area contributed by atoms with Crippen LogP contribution in [0, 0.1) is 0 Å². The Hall–Kier alpha value is -0.410. The second kappa shape index (κ2) is 4.74. The highest BCUT2D eigenvalue weighted by Gasteiger charge is 1.88. The Morgan fingerprint density at radius 1 is 1.75 bits per heavy atom. The van der Waals surface area contributed by atoms with E-state index in [2.05, 4.69) is 5.32 Å². The van der Waals surface area contributed by atoms with Gasteiger partial charge in [0.2, 0.25) is 0 Å². The Bertz CT molecular complexity index is 72.8. The van der Waals surface area contributed by atoms with E-state index in [-0.39, 0.29) is 12.5 Å². The Morgan fingerprint density at radius 2 is 2.38 bits per heavy atom. The summed E-state index contributed by atoms with van der Waals surface area (Å²) >= 11 is 0. The van der Waals surface area contributed by atoms with E-state index in [0.717, 1.165) is 0 Å². The van der Waals surface area contributed by atoms with Gasteiger partial charge >= 0.3 is 0 Å². The highest BCUT2D eigenvalue weighted by Crippen LogP contribution is 1.75. The van der Waals surface area contributed by atoms with Crippen LogP contribution in [0.3, 0.4) is 0 Å². The number of aliphatic hydroxyl groups excluding tert-OH is 1. The molecule has 0 aliphatic heterocycles. The van der Waals surface area contributed by atoms with Gasteiger partial charge in [0.25, 0.3) is 0 Å². The predicted octanol–water partition coefficient (Wildman–Crippen LogP) is -0.495. The van der Waals surface area contributed by atoms with Crippen LogP contribution in [0.1, 0.15) is 13.3 Å². The molecule has 0 spiro atoms. The molecule has 3 heteroatoms. The minimum atomic E-state index is -0.0483. The number of aliphatic hydroxyl groups is 1. The summed E-state index contributed by atoms with van der Waals surface area (Å²) in [5.74, 6) is 0.144. The van der Waals surface area contributed by atoms with Gasteiger partial charge in [-0.25, -0.2) is 0 Å². The molecule has 0 aliphatic carbocycles. The Labute approximate surface area is 48.7 Å². The van der Waals surface area contributed by atoms with Gasteiger partial charge in [-0.3, -0.25) is 10.1 Å². The summed E-state index contributed by atoms with van der Waals surface area (Å²) in [6.07, 6.45) is 0.501. The molecule has 0 saturated carbocycles. The van der Waals surface area contributed by atoms with Crippen molar-refractivity contribution in [2.24, 2.45) is 0 Å². The molecular formula is C5H11NO2. The van der Waals surface area contributed by atoms with Gasteiger partial charge in [-0.1, -0.05) is 0 Å². The van der Waals surface area contributed by atoms with Crippen LogP contribution in [0.15, 0.2) is 0 Å². The lowest BCUT2D eigenvalue weighted by molar-refractivity contribution is -0.116. The molecule has 0 aromatic rings. The number of hydrogen-bond donors (Lipinski definition) is 2. The van der Waals surface area contributed by atoms with Crippen molar-refractivity contribution in [3.05, 3.63) is 0 Å². The van der Waals surface area contributed by atoms with E-state index in [1.165, 1.54) is 6.92 Å². The summed E-state index contributed by atoms with van der Waals surface area (Å²) in [4.78, 5) is 10.2. The van der Waals surface area contributed by atoms with Gasteiger partial charge in [0, 0.05) is 13.0 Å². The molecule has 0 bridgehead atoms. The highest BCUT2D eigenvalue weighted by atomic mass is 16.3. The fraction of sp³-hybridized carbons (Fsp3) is 0.800. The largest absolute Gasteiger partial charge is 0.381 e. The zero-order chi connectivity index (χ0) is 6.41. The molecule has 8 heavy (non-hydrogen) atoms. The van der Waals surface area contributed by atoms with E-state index in [0.29, 0.717) is 13.0 Å². The van der Waals surface area contributed by atoms with E-state index < -0.39 is 0 Å². The van der Waals surface area contributed by atoms with Gasteiger partial charge in [0.15, 0.2) is 0 Å². The van der Waals surface area contributed by atoms with Crippen LogP contribution >= 0.6 is 0 Å². The molecule has 48 valence electrons. The van der Waals surface area contributed by atoms with Crippen LogP contribution in [-0.4, -0.2) is 24.2 Å². The molecule has 0 unspecified atom stereocenters. The fourth-order valence-electron chi connectivity index (χ4n) is 0.343. The lowest BCUT2D eigenvalue weighted by atomic mass is 10.3. The summed E-state index contributed by atoms with van der Waals surface area (Å²) in [6.45, 7) is 2.05. The summed E-state index contributed by atoms with van der Waals surface area (Å²) in [5.41, 5.74) is 0. The maximum absolute atomic E-state index is 10.2. The Morgan fingerprint density at radius 3 is 2.75 bits per heavy atom. The molecule has 0 aromatic heterocycles. The maximum Gasteiger partial charge on any atom is 0.131 e. The third kappa shape index (κ3) is 5.59. The maximum atomic E-state index is 10.2. The summed E-state index contributed by atoms with van der Waals surface area (Å²) < 4.78 is 0. The summed E-state index contributed by atoms with van der Waals surface area (Å²) in [7, 11) is 0. The van der Waals surface area contributed by atoms with Crippen molar-refractivity contribution in [3.63, 3.8) is 0 Å². The second-order valence-corrected chi connectivity index (χ2v) is 1.61. The molecule has 0 rings (SSSR count). The van der Waals surface area contributed by atoms with Crippen LogP contribution in [-0.2, 0) is 4.79 Å². The van der Waals surface area contributed by atoms with Crippen molar-refractivity contribution in [3.8, 4) is 0 Å². The number of carbonyl (C=O) groups excluding carboxylic acids is 1. The molecule has 0 aromatic carbocycles. The third-order valence-electron chi connectivity index (χ3n) is 0.766. The van der Waals surface area contributed by atoms with E-state index in [4.69, 9.17) is 5.11 Å². The van der Waals surface area contributed by atoms with Gasteiger partial charge < -0.3 is 5.11 Å². The SMILES string of the molecule is CC(=O)CCNCO. The number of rotatable bonds is 4. The third-order valence-corrected chi connectivity index (χ3v) is 0.766. The van der Waals surface area contributed by atoms with Crippen LogP contribution in [0.2, 0.25) is 0 Å². The van der Waals surface area contributed by atoms with Crippen molar-refractivity contribution < 1.29 is 9.90 Å². The molecule has 0 radical (unpaired) electrons. The van der Waals surface area contributed by atoms with Crippen LogP contribution in [0.4, 0.5) is 0 Å². The average molecular weight is 117 g/mol. The first-order valence-corrected chi connectivity index (χ1v) is 2.58. The monoisotopic (exact) mass is 117 g/mol. The normalized spacial score (nSPS) is 9.25. The van der Waals surface area contributed by atoms with Gasteiger partial charge in [0.1, 0.15) is 5.78 Å². The van der Waals surface area contributed by atoms with E-state index in [1.54, 1.807) is 0 Å². The molecule has 0 aliphatic rings. The Kier molecular flexibility index (Phi) is 4.50. The molecule has 0 amide bonds. The summed E-state index contributed by atoms with van der Waals surface area (Å²) in [6, 6.07) is 0. The van der Waals surface area contributed by atoms with Crippen molar-refractivity contribution in [1.82, 2.24) is 5.32 Å². The van der Waals surface area contributed by atoms with Crippen molar-refractivity contribution >= 4 is 5.78 Å². The van der Waals surface area contributed by atoms with Gasteiger partial charge in [-0.2, -0.15) is 0 Å². The highest BCUT2D eigenvalue weighted by molar-refractivity contribution is 5.75. The van der Waals surface area contributed by atoms with Crippen molar-refractivity contribution in [2.75, 3.05) is 13.3 Å². The molecule has 0 fully saturated rings. The van der Waals surface area contributed by atoms with Crippen LogP contribution in [0.5, 0.6) is 0 Å². The van der Waals surface area contributed by atoms with Crippen LogP contribution < -0.4 is 5.32 Å². The van der Waals surface area contributed by atoms with Gasteiger partial charge in [-0.15, -0.1) is 0 Å². The quantitative estimate of drug-likeness (QED) is 0.385. The summed E-state index contributed by atoms with van der Waals surface area (Å²) in [5, 5.41) is 10.8. The number of Topliss-reactive ketones (excluding diaryl/α,β-unsaturated/α-hetero) is 1. The minimum absolute atomic E-state index is 0.0483. The lowest BCUT2D eigenvalue weighted by Crippen LogP contribution is -2.17. The van der Waals surface area contributed by atoms with Gasteiger partial charge in [-0.05, 0) is 6.92 Å².